The Bertz CT molecular complexity index is 1170. The summed E-state index contributed by atoms with van der Waals surface area (Å²) in [5.41, 5.74) is 4.53. The molecule has 29 heavy (non-hydrogen) atoms. The average Bonchev–Trinajstić information content (AvgIpc) is 3.17. The molecule has 0 saturated carbocycles. The van der Waals surface area contributed by atoms with Crippen molar-refractivity contribution in [1.82, 2.24) is 9.97 Å². The standard InChI is InChI=1S/C23H21N3O2S/c1-15-7-8-17(12-16(15)2)22(27)26(14-18-6-4-5-11-24-18)23-25-20-10-9-19(28-3)13-21(20)29-23/h4-13H,14H2,1-3H3. The third-order valence-electron chi connectivity index (χ3n) is 4.86. The van der Waals surface area contributed by atoms with Gasteiger partial charge in [-0.05, 0) is 67.4 Å². The number of methoxy groups -OCH3 is 1. The summed E-state index contributed by atoms with van der Waals surface area (Å²) >= 11 is 1.47. The molecule has 0 aliphatic rings. The van der Waals surface area contributed by atoms with Gasteiger partial charge in [0.2, 0.25) is 0 Å². The van der Waals surface area contributed by atoms with Crippen LogP contribution in [0.2, 0.25) is 0 Å². The summed E-state index contributed by atoms with van der Waals surface area (Å²) in [5, 5.41) is 0.641. The highest BCUT2D eigenvalue weighted by Crippen LogP contribution is 2.33. The zero-order valence-electron chi connectivity index (χ0n) is 16.5. The van der Waals surface area contributed by atoms with E-state index in [1.807, 2.05) is 68.4 Å². The van der Waals surface area contributed by atoms with Crippen LogP contribution in [0.25, 0.3) is 10.2 Å². The third-order valence-corrected chi connectivity index (χ3v) is 5.90. The van der Waals surface area contributed by atoms with Crippen LogP contribution in [0.15, 0.2) is 60.8 Å². The number of aryl methyl sites for hydroxylation is 2. The van der Waals surface area contributed by atoms with Crippen molar-refractivity contribution < 1.29 is 9.53 Å². The molecule has 0 fully saturated rings. The van der Waals surface area contributed by atoms with Crippen LogP contribution in [-0.4, -0.2) is 23.0 Å². The summed E-state index contributed by atoms with van der Waals surface area (Å²) in [6, 6.07) is 17.2. The summed E-state index contributed by atoms with van der Waals surface area (Å²) < 4.78 is 6.29. The van der Waals surface area contributed by atoms with Crippen molar-refractivity contribution in [2.45, 2.75) is 20.4 Å². The second kappa shape index (κ2) is 8.01. The Hall–Kier alpha value is -3.25. The van der Waals surface area contributed by atoms with E-state index in [2.05, 4.69) is 4.98 Å². The number of benzene rings is 2. The predicted molar refractivity (Wildman–Crippen MR) is 117 cm³/mol. The lowest BCUT2D eigenvalue weighted by atomic mass is 10.1. The van der Waals surface area contributed by atoms with E-state index in [4.69, 9.17) is 9.72 Å². The molecule has 0 N–H and O–H groups in total. The lowest BCUT2D eigenvalue weighted by molar-refractivity contribution is 0.0984. The van der Waals surface area contributed by atoms with Crippen molar-refractivity contribution in [1.29, 1.82) is 0 Å². The van der Waals surface area contributed by atoms with Crippen LogP contribution < -0.4 is 9.64 Å². The molecular weight excluding hydrogens is 382 g/mol. The molecule has 0 bridgehead atoms. The van der Waals surface area contributed by atoms with Gasteiger partial charge in [0.05, 0.1) is 29.6 Å². The van der Waals surface area contributed by atoms with E-state index >= 15 is 0 Å². The monoisotopic (exact) mass is 403 g/mol. The van der Waals surface area contributed by atoms with Gasteiger partial charge in [0.25, 0.3) is 5.91 Å². The Morgan fingerprint density at radius 3 is 2.66 bits per heavy atom. The molecule has 4 rings (SSSR count). The van der Waals surface area contributed by atoms with Gasteiger partial charge >= 0.3 is 0 Å². The van der Waals surface area contributed by atoms with Gasteiger partial charge in [-0.1, -0.05) is 23.5 Å². The average molecular weight is 404 g/mol. The van der Waals surface area contributed by atoms with E-state index in [9.17, 15) is 4.79 Å². The predicted octanol–water partition coefficient (Wildman–Crippen LogP) is 5.16. The van der Waals surface area contributed by atoms with Gasteiger partial charge in [-0.2, -0.15) is 0 Å². The number of aromatic nitrogens is 2. The van der Waals surface area contributed by atoms with Gasteiger partial charge in [-0.15, -0.1) is 0 Å². The molecule has 0 unspecified atom stereocenters. The molecule has 1 amide bonds. The molecule has 6 heteroatoms. The van der Waals surface area contributed by atoms with Crippen LogP contribution in [0.1, 0.15) is 27.2 Å². The highest BCUT2D eigenvalue weighted by molar-refractivity contribution is 7.22. The summed E-state index contributed by atoms with van der Waals surface area (Å²) in [4.78, 5) is 24.3. The number of carbonyl (C=O) groups is 1. The number of fused-ring (bicyclic) bond motifs is 1. The van der Waals surface area contributed by atoms with E-state index in [0.717, 1.165) is 32.8 Å². The van der Waals surface area contributed by atoms with Crippen molar-refractivity contribution in [2.75, 3.05) is 12.0 Å². The van der Waals surface area contributed by atoms with Gasteiger partial charge in [-0.3, -0.25) is 14.7 Å². The minimum Gasteiger partial charge on any atom is -0.497 e. The Labute approximate surface area is 173 Å². The number of pyridine rings is 1. The molecular formula is C23H21N3O2S. The van der Waals surface area contributed by atoms with Gasteiger partial charge in [0.15, 0.2) is 5.13 Å². The topological polar surface area (TPSA) is 55.3 Å². The largest absolute Gasteiger partial charge is 0.497 e. The first-order valence-corrected chi connectivity index (χ1v) is 10.1. The van der Waals surface area contributed by atoms with Gasteiger partial charge < -0.3 is 4.74 Å². The van der Waals surface area contributed by atoms with Crippen LogP contribution in [0, 0.1) is 13.8 Å². The number of rotatable bonds is 5. The van der Waals surface area contributed by atoms with Crippen LogP contribution in [0.4, 0.5) is 5.13 Å². The lowest BCUT2D eigenvalue weighted by Gasteiger charge is -2.20. The van der Waals surface area contributed by atoms with E-state index in [-0.39, 0.29) is 5.91 Å². The van der Waals surface area contributed by atoms with Gasteiger partial charge in [-0.25, -0.2) is 4.98 Å². The van der Waals surface area contributed by atoms with Gasteiger partial charge in [0.1, 0.15) is 5.75 Å². The Morgan fingerprint density at radius 2 is 1.93 bits per heavy atom. The second-order valence-corrected chi connectivity index (χ2v) is 7.85. The SMILES string of the molecule is COc1ccc2nc(N(Cc3ccccn3)C(=O)c3ccc(C)c(C)c3)sc2c1. The van der Waals surface area contributed by atoms with Crippen LogP contribution in [0.3, 0.4) is 0 Å². The molecule has 0 spiro atoms. The smallest absolute Gasteiger partial charge is 0.260 e. The fourth-order valence-corrected chi connectivity index (χ4v) is 4.04. The lowest BCUT2D eigenvalue weighted by Crippen LogP contribution is -2.30. The molecule has 5 nitrogen and oxygen atoms in total. The van der Waals surface area contributed by atoms with Gasteiger partial charge in [0, 0.05) is 11.8 Å². The highest BCUT2D eigenvalue weighted by Gasteiger charge is 2.22. The zero-order valence-corrected chi connectivity index (χ0v) is 17.4. The van der Waals surface area contributed by atoms with Crippen molar-refractivity contribution in [3.05, 3.63) is 83.2 Å². The molecule has 146 valence electrons. The van der Waals surface area contributed by atoms with Crippen LogP contribution in [0.5, 0.6) is 5.75 Å². The number of hydrogen-bond donors (Lipinski definition) is 0. The number of hydrogen-bond acceptors (Lipinski definition) is 5. The number of carbonyl (C=O) groups excluding carboxylic acids is 1. The van der Waals surface area contributed by atoms with Crippen molar-refractivity contribution >= 4 is 32.6 Å². The first kappa shape index (κ1) is 19.1. The summed E-state index contributed by atoms with van der Waals surface area (Å²) in [7, 11) is 1.64. The minimum atomic E-state index is -0.0928. The summed E-state index contributed by atoms with van der Waals surface area (Å²) in [6.45, 7) is 4.40. The van der Waals surface area contributed by atoms with Crippen LogP contribution in [-0.2, 0) is 6.54 Å². The molecule has 4 aromatic rings. The Kier molecular flexibility index (Phi) is 5.27. The van der Waals surface area contributed by atoms with Crippen molar-refractivity contribution in [2.24, 2.45) is 0 Å². The Balaban J connectivity index is 1.77. The minimum absolute atomic E-state index is 0.0928. The maximum Gasteiger partial charge on any atom is 0.260 e. The van der Waals surface area contributed by atoms with Crippen LogP contribution >= 0.6 is 11.3 Å². The zero-order chi connectivity index (χ0) is 20.4. The number of thiazole rings is 1. The maximum absolute atomic E-state index is 13.5. The quantitative estimate of drug-likeness (QED) is 0.462. The molecule has 2 aromatic carbocycles. The molecule has 0 aliphatic carbocycles. The number of anilines is 1. The molecule has 2 heterocycles. The fourth-order valence-electron chi connectivity index (χ4n) is 3.05. The summed E-state index contributed by atoms with van der Waals surface area (Å²) in [6.07, 6.45) is 1.73. The number of nitrogens with zero attached hydrogens (tertiary/aromatic N) is 3. The molecule has 0 saturated heterocycles. The highest BCUT2D eigenvalue weighted by atomic mass is 32.1. The number of ether oxygens (including phenoxy) is 1. The Morgan fingerprint density at radius 1 is 1.07 bits per heavy atom. The van der Waals surface area contributed by atoms with E-state index in [1.165, 1.54) is 11.3 Å². The number of amides is 1. The molecule has 0 atom stereocenters. The van der Waals surface area contributed by atoms with E-state index in [0.29, 0.717) is 17.2 Å². The fraction of sp³-hybridized carbons (Fsp3) is 0.174. The van der Waals surface area contributed by atoms with Crippen molar-refractivity contribution in [3.63, 3.8) is 0 Å². The van der Waals surface area contributed by atoms with E-state index in [1.54, 1.807) is 18.2 Å². The second-order valence-electron chi connectivity index (χ2n) is 6.84. The van der Waals surface area contributed by atoms with Crippen molar-refractivity contribution in [3.8, 4) is 5.75 Å². The maximum atomic E-state index is 13.5. The van der Waals surface area contributed by atoms with E-state index < -0.39 is 0 Å². The molecule has 0 radical (unpaired) electrons. The third kappa shape index (κ3) is 3.98. The normalized spacial score (nSPS) is 10.9. The molecule has 2 aromatic heterocycles. The summed E-state index contributed by atoms with van der Waals surface area (Å²) in [5.74, 6) is 0.675. The first-order valence-electron chi connectivity index (χ1n) is 9.29. The molecule has 0 aliphatic heterocycles. The first-order chi connectivity index (χ1) is 14.0.